The largest absolute Gasteiger partial charge is 0.462 e. The Morgan fingerprint density at radius 3 is 3.06 bits per heavy atom. The molecule has 6 nitrogen and oxygen atoms in total. The third-order valence-electron chi connectivity index (χ3n) is 3.18. The smallest absolute Gasteiger partial charge is 0.341 e. The molecule has 0 aromatic carbocycles. The molecule has 100 valence electrons. The highest BCUT2D eigenvalue weighted by Gasteiger charge is 2.24. The summed E-state index contributed by atoms with van der Waals surface area (Å²) in [5.74, 6) is -0.333. The Kier molecular flexibility index (Phi) is 3.98. The second kappa shape index (κ2) is 5.49. The van der Waals surface area contributed by atoms with E-state index in [1.165, 1.54) is 0 Å². The molecule has 1 fully saturated rings. The Balaban J connectivity index is 2.11. The van der Waals surface area contributed by atoms with Crippen molar-refractivity contribution in [2.24, 2.45) is 7.05 Å². The first-order chi connectivity index (χ1) is 8.61. The Hall–Kier alpha value is -1.40. The third-order valence-corrected chi connectivity index (χ3v) is 3.18. The second-order valence-corrected chi connectivity index (χ2v) is 4.53. The van der Waals surface area contributed by atoms with Crippen molar-refractivity contribution >= 4 is 5.97 Å². The molecule has 1 aliphatic rings. The first kappa shape index (κ1) is 13.0. The zero-order chi connectivity index (χ0) is 13.1. The van der Waals surface area contributed by atoms with Gasteiger partial charge in [-0.3, -0.25) is 9.58 Å². The number of aliphatic hydroxyl groups excluding tert-OH is 1. The maximum Gasteiger partial charge on any atom is 0.341 e. The molecular formula is C12H19N3O3. The summed E-state index contributed by atoms with van der Waals surface area (Å²) in [7, 11) is 1.81. The van der Waals surface area contributed by atoms with Crippen LogP contribution < -0.4 is 0 Å². The first-order valence-electron chi connectivity index (χ1n) is 6.20. The summed E-state index contributed by atoms with van der Waals surface area (Å²) in [5.41, 5.74) is 1.35. The van der Waals surface area contributed by atoms with Crippen molar-refractivity contribution in [2.45, 2.75) is 26.0 Å². The van der Waals surface area contributed by atoms with Crippen LogP contribution in [0.15, 0.2) is 6.20 Å². The number of rotatable bonds is 4. The Morgan fingerprint density at radius 1 is 1.67 bits per heavy atom. The third kappa shape index (κ3) is 2.70. The van der Waals surface area contributed by atoms with Gasteiger partial charge in [0.2, 0.25) is 0 Å². The number of carbonyl (C=O) groups excluding carboxylic acids is 1. The van der Waals surface area contributed by atoms with Crippen LogP contribution in [0.25, 0.3) is 0 Å². The van der Waals surface area contributed by atoms with Gasteiger partial charge < -0.3 is 9.84 Å². The summed E-state index contributed by atoms with van der Waals surface area (Å²) in [4.78, 5) is 13.9. The maximum absolute atomic E-state index is 11.8. The normalized spacial score (nSPS) is 20.3. The summed E-state index contributed by atoms with van der Waals surface area (Å²) in [6.07, 6.45) is 2.07. The van der Waals surface area contributed by atoms with Crippen molar-refractivity contribution in [3.8, 4) is 0 Å². The highest BCUT2D eigenvalue weighted by molar-refractivity contribution is 5.90. The number of aromatic nitrogens is 2. The summed E-state index contributed by atoms with van der Waals surface area (Å²) in [5, 5.41) is 13.6. The Morgan fingerprint density at radius 2 is 2.44 bits per heavy atom. The average molecular weight is 253 g/mol. The number of hydrogen-bond acceptors (Lipinski definition) is 5. The van der Waals surface area contributed by atoms with Gasteiger partial charge in [-0.2, -0.15) is 5.10 Å². The molecule has 6 heteroatoms. The average Bonchev–Trinajstić information content (AvgIpc) is 2.88. The van der Waals surface area contributed by atoms with E-state index in [-0.39, 0.29) is 12.1 Å². The minimum Gasteiger partial charge on any atom is -0.462 e. The number of β-amino-alcohol motifs (C(OH)–C–C–N with tert-alkyl or cyclic N) is 1. The fourth-order valence-electron chi connectivity index (χ4n) is 2.20. The van der Waals surface area contributed by atoms with Crippen LogP contribution >= 0.6 is 0 Å². The van der Waals surface area contributed by atoms with Gasteiger partial charge in [0.05, 0.1) is 24.6 Å². The van der Waals surface area contributed by atoms with Gasteiger partial charge in [0, 0.05) is 26.7 Å². The molecule has 0 saturated carbocycles. The predicted molar refractivity (Wildman–Crippen MR) is 65.1 cm³/mol. The highest BCUT2D eigenvalue weighted by Crippen LogP contribution is 2.16. The molecular weight excluding hydrogens is 234 g/mol. The molecule has 2 heterocycles. The minimum absolute atomic E-state index is 0.260. The number of ether oxygens (including phenoxy) is 1. The van der Waals surface area contributed by atoms with Crippen LogP contribution in [0.3, 0.4) is 0 Å². The van der Waals surface area contributed by atoms with Gasteiger partial charge in [-0.15, -0.1) is 0 Å². The van der Waals surface area contributed by atoms with E-state index in [1.807, 2.05) is 7.05 Å². The van der Waals surface area contributed by atoms with Gasteiger partial charge in [0.25, 0.3) is 0 Å². The molecule has 1 unspecified atom stereocenters. The number of carbonyl (C=O) groups is 1. The van der Waals surface area contributed by atoms with Crippen molar-refractivity contribution in [1.82, 2.24) is 14.7 Å². The van der Waals surface area contributed by atoms with E-state index in [1.54, 1.807) is 17.8 Å². The standard InChI is InChI=1S/C12H19N3O3/c1-3-18-12(17)10-6-13-14(2)11(10)8-15-5-4-9(16)7-15/h6,9,16H,3-5,7-8H2,1-2H3. The van der Waals surface area contributed by atoms with Crippen LogP contribution in [-0.2, 0) is 18.3 Å². The van der Waals surface area contributed by atoms with Crippen molar-refractivity contribution in [3.63, 3.8) is 0 Å². The van der Waals surface area contributed by atoms with E-state index < -0.39 is 0 Å². The molecule has 0 spiro atoms. The summed E-state index contributed by atoms with van der Waals surface area (Å²) in [6.45, 7) is 4.24. The number of likely N-dealkylation sites (tertiary alicyclic amines) is 1. The van der Waals surface area contributed by atoms with Crippen molar-refractivity contribution in [3.05, 3.63) is 17.5 Å². The molecule has 0 radical (unpaired) electrons. The van der Waals surface area contributed by atoms with E-state index in [9.17, 15) is 9.90 Å². The first-order valence-corrected chi connectivity index (χ1v) is 6.20. The van der Waals surface area contributed by atoms with Gasteiger partial charge in [-0.25, -0.2) is 4.79 Å². The lowest BCUT2D eigenvalue weighted by Crippen LogP contribution is -2.24. The quantitative estimate of drug-likeness (QED) is 0.774. The van der Waals surface area contributed by atoms with Gasteiger partial charge in [0.1, 0.15) is 5.56 Å². The van der Waals surface area contributed by atoms with Gasteiger partial charge >= 0.3 is 5.97 Å². The number of esters is 1. The molecule has 1 saturated heterocycles. The highest BCUT2D eigenvalue weighted by atomic mass is 16.5. The topological polar surface area (TPSA) is 67.6 Å². The Bertz CT molecular complexity index is 430. The zero-order valence-electron chi connectivity index (χ0n) is 10.8. The van der Waals surface area contributed by atoms with Crippen LogP contribution in [0, 0.1) is 0 Å². The lowest BCUT2D eigenvalue weighted by molar-refractivity contribution is 0.0524. The van der Waals surface area contributed by atoms with Crippen LogP contribution in [0.2, 0.25) is 0 Å². The lowest BCUT2D eigenvalue weighted by atomic mass is 10.2. The molecule has 1 atom stereocenters. The summed E-state index contributed by atoms with van der Waals surface area (Å²) in [6, 6.07) is 0. The number of aryl methyl sites for hydroxylation is 1. The SMILES string of the molecule is CCOC(=O)c1cnn(C)c1CN1CCC(O)C1. The summed E-state index contributed by atoms with van der Waals surface area (Å²) < 4.78 is 6.70. The Labute approximate surface area is 106 Å². The van der Waals surface area contributed by atoms with Gasteiger partial charge in [-0.1, -0.05) is 0 Å². The van der Waals surface area contributed by atoms with E-state index >= 15 is 0 Å². The second-order valence-electron chi connectivity index (χ2n) is 4.53. The number of nitrogens with zero attached hydrogens (tertiary/aromatic N) is 3. The molecule has 0 bridgehead atoms. The molecule has 1 aromatic heterocycles. The molecule has 0 aliphatic carbocycles. The van der Waals surface area contributed by atoms with Gasteiger partial charge in [0.15, 0.2) is 0 Å². The van der Waals surface area contributed by atoms with Crippen molar-refractivity contribution < 1.29 is 14.6 Å². The summed E-state index contributed by atoms with van der Waals surface area (Å²) >= 11 is 0. The molecule has 2 rings (SSSR count). The van der Waals surface area contributed by atoms with E-state index in [2.05, 4.69) is 10.00 Å². The van der Waals surface area contributed by atoms with Crippen molar-refractivity contribution in [1.29, 1.82) is 0 Å². The van der Waals surface area contributed by atoms with Crippen LogP contribution in [0.1, 0.15) is 29.4 Å². The molecule has 1 aromatic rings. The lowest BCUT2D eigenvalue weighted by Gasteiger charge is -2.15. The molecule has 0 amide bonds. The monoisotopic (exact) mass is 253 g/mol. The maximum atomic E-state index is 11.8. The molecule has 1 aliphatic heterocycles. The molecule has 18 heavy (non-hydrogen) atoms. The van der Waals surface area contributed by atoms with E-state index in [4.69, 9.17) is 4.74 Å². The van der Waals surface area contributed by atoms with Crippen LogP contribution in [-0.4, -0.2) is 51.6 Å². The molecule has 1 N–H and O–H groups in total. The minimum atomic E-state index is -0.333. The van der Waals surface area contributed by atoms with Crippen LogP contribution in [0.5, 0.6) is 0 Å². The number of aliphatic hydroxyl groups is 1. The predicted octanol–water partition coefficient (Wildman–Crippen LogP) is 0.163. The fraction of sp³-hybridized carbons (Fsp3) is 0.667. The zero-order valence-corrected chi connectivity index (χ0v) is 10.8. The van der Waals surface area contributed by atoms with Crippen molar-refractivity contribution in [2.75, 3.05) is 19.7 Å². The van der Waals surface area contributed by atoms with E-state index in [0.717, 1.165) is 18.7 Å². The number of hydrogen-bond donors (Lipinski definition) is 1. The van der Waals surface area contributed by atoms with E-state index in [0.29, 0.717) is 25.3 Å². The van der Waals surface area contributed by atoms with Crippen LogP contribution in [0.4, 0.5) is 0 Å². The van der Waals surface area contributed by atoms with Gasteiger partial charge in [-0.05, 0) is 13.3 Å². The fourth-order valence-corrected chi connectivity index (χ4v) is 2.20.